The highest BCUT2D eigenvalue weighted by atomic mass is 14.9. The van der Waals surface area contributed by atoms with E-state index in [1.165, 1.54) is 16.7 Å². The van der Waals surface area contributed by atoms with Crippen LogP contribution in [0.15, 0.2) is 54.6 Å². The van der Waals surface area contributed by atoms with Gasteiger partial charge in [0.15, 0.2) is 0 Å². The quantitative estimate of drug-likeness (QED) is 0.789. The van der Waals surface area contributed by atoms with Gasteiger partial charge in [0.2, 0.25) is 0 Å². The molecule has 0 amide bonds. The van der Waals surface area contributed by atoms with Gasteiger partial charge >= 0.3 is 0 Å². The lowest BCUT2D eigenvalue weighted by Crippen LogP contribution is -2.27. The lowest BCUT2D eigenvalue weighted by Gasteiger charge is -2.29. The minimum Gasteiger partial charge on any atom is -0.310 e. The number of rotatable bonds is 6. The van der Waals surface area contributed by atoms with Gasteiger partial charge in [-0.15, -0.1) is 0 Å². The van der Waals surface area contributed by atoms with Crippen molar-refractivity contribution >= 4 is 0 Å². The van der Waals surface area contributed by atoms with Crippen LogP contribution in [0.4, 0.5) is 0 Å². The first-order valence-corrected chi connectivity index (χ1v) is 7.61. The van der Waals surface area contributed by atoms with Gasteiger partial charge in [-0.2, -0.15) is 0 Å². The zero-order valence-corrected chi connectivity index (χ0v) is 12.8. The summed E-state index contributed by atoms with van der Waals surface area (Å²) in [6.45, 7) is 7.66. The van der Waals surface area contributed by atoms with E-state index in [2.05, 4.69) is 80.7 Å². The van der Waals surface area contributed by atoms with E-state index in [1.807, 2.05) is 0 Å². The van der Waals surface area contributed by atoms with Gasteiger partial charge in [-0.25, -0.2) is 0 Å². The summed E-state index contributed by atoms with van der Waals surface area (Å²) >= 11 is 0. The summed E-state index contributed by atoms with van der Waals surface area (Å²) in [4.78, 5) is 0. The number of hydrogen-bond acceptors (Lipinski definition) is 1. The van der Waals surface area contributed by atoms with E-state index in [1.54, 1.807) is 0 Å². The van der Waals surface area contributed by atoms with Crippen molar-refractivity contribution in [3.63, 3.8) is 0 Å². The summed E-state index contributed by atoms with van der Waals surface area (Å²) in [6, 6.07) is 20.0. The summed E-state index contributed by atoms with van der Waals surface area (Å²) < 4.78 is 0. The van der Waals surface area contributed by atoms with E-state index in [9.17, 15) is 0 Å². The minimum absolute atomic E-state index is 0.383. The molecule has 1 heteroatoms. The third-order valence-electron chi connectivity index (χ3n) is 4.02. The second kappa shape index (κ2) is 7.25. The fourth-order valence-electron chi connectivity index (χ4n) is 2.99. The molecule has 0 fully saturated rings. The molecule has 1 nitrogen and oxygen atoms in total. The Kier molecular flexibility index (Phi) is 5.37. The molecule has 0 aromatic heterocycles. The molecule has 2 rings (SSSR count). The zero-order chi connectivity index (χ0) is 14.4. The maximum Gasteiger partial charge on any atom is 0.0391 e. The first kappa shape index (κ1) is 14.8. The smallest absolute Gasteiger partial charge is 0.0391 e. The largest absolute Gasteiger partial charge is 0.310 e. The van der Waals surface area contributed by atoms with Crippen LogP contribution in [0.3, 0.4) is 0 Å². The molecular formula is C19H25N. The Morgan fingerprint density at radius 3 is 2.15 bits per heavy atom. The number of benzene rings is 2. The van der Waals surface area contributed by atoms with Crippen LogP contribution in [0.1, 0.15) is 48.9 Å². The Hall–Kier alpha value is -1.60. The first-order valence-electron chi connectivity index (χ1n) is 7.61. The molecule has 0 bridgehead atoms. The van der Waals surface area contributed by atoms with Crippen LogP contribution in [0, 0.1) is 6.92 Å². The molecule has 0 saturated heterocycles. The highest BCUT2D eigenvalue weighted by Crippen LogP contribution is 2.34. The summed E-state index contributed by atoms with van der Waals surface area (Å²) in [5.74, 6) is 0.511. The second-order valence-electron chi connectivity index (χ2n) is 5.32. The van der Waals surface area contributed by atoms with Gasteiger partial charge in [-0.05, 0) is 36.6 Å². The number of nitrogens with one attached hydrogen (secondary N) is 1. The van der Waals surface area contributed by atoms with E-state index in [4.69, 9.17) is 0 Å². The Morgan fingerprint density at radius 2 is 1.55 bits per heavy atom. The summed E-state index contributed by atoms with van der Waals surface area (Å²) in [6.07, 6.45) is 1.13. The van der Waals surface area contributed by atoms with Crippen LogP contribution in [0.2, 0.25) is 0 Å². The van der Waals surface area contributed by atoms with Gasteiger partial charge in [0.1, 0.15) is 0 Å². The van der Waals surface area contributed by atoms with Crippen LogP contribution < -0.4 is 5.32 Å². The van der Waals surface area contributed by atoms with Crippen molar-refractivity contribution in [1.29, 1.82) is 0 Å². The number of hydrogen-bond donors (Lipinski definition) is 1. The first-order chi connectivity index (χ1) is 9.77. The van der Waals surface area contributed by atoms with Crippen LogP contribution in [0.5, 0.6) is 0 Å². The van der Waals surface area contributed by atoms with Gasteiger partial charge in [0.25, 0.3) is 0 Å². The molecule has 0 heterocycles. The van der Waals surface area contributed by atoms with Crippen molar-refractivity contribution in [1.82, 2.24) is 5.32 Å². The SMILES string of the molecule is CCNC(c1ccccc1C)C(CC)c1ccccc1. The van der Waals surface area contributed by atoms with E-state index >= 15 is 0 Å². The second-order valence-corrected chi connectivity index (χ2v) is 5.32. The van der Waals surface area contributed by atoms with E-state index in [0.717, 1.165) is 13.0 Å². The lowest BCUT2D eigenvalue weighted by molar-refractivity contribution is 0.444. The van der Waals surface area contributed by atoms with Crippen molar-refractivity contribution in [2.45, 2.75) is 39.2 Å². The summed E-state index contributed by atoms with van der Waals surface area (Å²) in [5.41, 5.74) is 4.21. The zero-order valence-electron chi connectivity index (χ0n) is 12.8. The molecule has 0 aliphatic rings. The van der Waals surface area contributed by atoms with Gasteiger partial charge in [-0.1, -0.05) is 68.4 Å². The van der Waals surface area contributed by atoms with Gasteiger partial charge < -0.3 is 5.32 Å². The fraction of sp³-hybridized carbons (Fsp3) is 0.368. The number of likely N-dealkylation sites (N-methyl/N-ethyl adjacent to an activating group) is 1. The average molecular weight is 267 g/mol. The van der Waals surface area contributed by atoms with Crippen molar-refractivity contribution in [2.24, 2.45) is 0 Å². The van der Waals surface area contributed by atoms with E-state index in [0.29, 0.717) is 12.0 Å². The maximum absolute atomic E-state index is 3.69. The average Bonchev–Trinajstić information content (AvgIpc) is 2.49. The molecule has 1 N–H and O–H groups in total. The summed E-state index contributed by atoms with van der Waals surface area (Å²) in [5, 5.41) is 3.69. The normalized spacial score (nSPS) is 13.9. The fourth-order valence-corrected chi connectivity index (χ4v) is 2.99. The molecule has 2 atom stereocenters. The van der Waals surface area contributed by atoms with Crippen LogP contribution in [0.25, 0.3) is 0 Å². The van der Waals surface area contributed by atoms with Crippen molar-refractivity contribution in [3.8, 4) is 0 Å². The highest BCUT2D eigenvalue weighted by Gasteiger charge is 2.23. The number of aryl methyl sites for hydroxylation is 1. The van der Waals surface area contributed by atoms with Crippen LogP contribution in [-0.4, -0.2) is 6.54 Å². The van der Waals surface area contributed by atoms with Gasteiger partial charge in [-0.3, -0.25) is 0 Å². The molecule has 0 aliphatic heterocycles. The predicted octanol–water partition coefficient (Wildman–Crippen LogP) is 4.84. The predicted molar refractivity (Wildman–Crippen MR) is 87.1 cm³/mol. The molecule has 0 spiro atoms. The van der Waals surface area contributed by atoms with E-state index in [-0.39, 0.29) is 0 Å². The van der Waals surface area contributed by atoms with Crippen molar-refractivity contribution in [2.75, 3.05) is 6.54 Å². The van der Waals surface area contributed by atoms with Gasteiger partial charge in [0, 0.05) is 12.0 Å². The lowest BCUT2D eigenvalue weighted by atomic mass is 9.83. The molecule has 2 aromatic carbocycles. The van der Waals surface area contributed by atoms with Crippen LogP contribution >= 0.6 is 0 Å². The Morgan fingerprint density at radius 1 is 0.900 bits per heavy atom. The monoisotopic (exact) mass is 267 g/mol. The molecule has 2 unspecified atom stereocenters. The molecule has 0 radical (unpaired) electrons. The Labute approximate surface area is 123 Å². The molecule has 106 valence electrons. The third-order valence-corrected chi connectivity index (χ3v) is 4.02. The van der Waals surface area contributed by atoms with E-state index < -0.39 is 0 Å². The van der Waals surface area contributed by atoms with Crippen molar-refractivity contribution < 1.29 is 0 Å². The highest BCUT2D eigenvalue weighted by molar-refractivity contribution is 5.33. The van der Waals surface area contributed by atoms with Crippen LogP contribution in [-0.2, 0) is 0 Å². The Balaban J connectivity index is 2.39. The van der Waals surface area contributed by atoms with Gasteiger partial charge in [0.05, 0.1) is 0 Å². The maximum atomic E-state index is 3.69. The third kappa shape index (κ3) is 3.29. The summed E-state index contributed by atoms with van der Waals surface area (Å²) in [7, 11) is 0. The molecule has 0 saturated carbocycles. The standard InChI is InChI=1S/C19H25N/c1-4-17(16-12-7-6-8-13-16)19(20-5-2)18-14-10-9-11-15(18)3/h6-14,17,19-20H,4-5H2,1-3H3. The molecular weight excluding hydrogens is 242 g/mol. The minimum atomic E-state index is 0.383. The molecule has 0 aliphatic carbocycles. The molecule has 20 heavy (non-hydrogen) atoms. The Bertz CT molecular complexity index is 518. The molecule has 2 aromatic rings. The topological polar surface area (TPSA) is 12.0 Å². The van der Waals surface area contributed by atoms with Crippen molar-refractivity contribution in [3.05, 3.63) is 71.3 Å².